The van der Waals surface area contributed by atoms with Crippen molar-refractivity contribution in [1.29, 1.82) is 0 Å². The lowest BCUT2D eigenvalue weighted by molar-refractivity contribution is 0.166. The van der Waals surface area contributed by atoms with Crippen molar-refractivity contribution in [1.82, 2.24) is 4.72 Å². The molecular formula is C14H21NO4S. The van der Waals surface area contributed by atoms with Crippen LogP contribution in [-0.4, -0.2) is 27.2 Å². The Morgan fingerprint density at radius 3 is 2.60 bits per heavy atom. The largest absolute Gasteiger partial charge is 0.496 e. The Hall–Kier alpha value is -1.11. The number of aliphatic hydroxyl groups is 1. The molecule has 0 saturated heterocycles. The van der Waals surface area contributed by atoms with Gasteiger partial charge in [0, 0.05) is 12.1 Å². The van der Waals surface area contributed by atoms with Gasteiger partial charge in [0.1, 0.15) is 5.75 Å². The van der Waals surface area contributed by atoms with Crippen LogP contribution >= 0.6 is 0 Å². The molecule has 0 atom stereocenters. The third kappa shape index (κ3) is 3.13. The van der Waals surface area contributed by atoms with Crippen molar-refractivity contribution in [3.8, 4) is 5.75 Å². The van der Waals surface area contributed by atoms with E-state index >= 15 is 0 Å². The molecule has 0 heterocycles. The maximum absolute atomic E-state index is 12.3. The van der Waals surface area contributed by atoms with Gasteiger partial charge < -0.3 is 9.84 Å². The zero-order valence-corrected chi connectivity index (χ0v) is 12.7. The molecule has 1 aromatic rings. The van der Waals surface area contributed by atoms with Gasteiger partial charge in [0.25, 0.3) is 0 Å². The lowest BCUT2D eigenvalue weighted by Gasteiger charge is -2.38. The molecular weight excluding hydrogens is 278 g/mol. The molecule has 0 radical (unpaired) electrons. The summed E-state index contributed by atoms with van der Waals surface area (Å²) >= 11 is 0. The van der Waals surface area contributed by atoms with Crippen LogP contribution in [-0.2, 0) is 16.6 Å². The summed E-state index contributed by atoms with van der Waals surface area (Å²) in [4.78, 5) is 0.158. The summed E-state index contributed by atoms with van der Waals surface area (Å²) in [7, 11) is -2.06. The normalized spacial score (nSPS) is 17.6. The van der Waals surface area contributed by atoms with Gasteiger partial charge in [-0.2, -0.15) is 0 Å². The summed E-state index contributed by atoms with van der Waals surface area (Å²) in [5.41, 5.74) is 0.546. The molecule has 0 bridgehead atoms. The van der Waals surface area contributed by atoms with Crippen molar-refractivity contribution < 1.29 is 18.3 Å². The smallest absolute Gasteiger partial charge is 0.240 e. The first-order valence-electron chi connectivity index (χ1n) is 6.68. The third-order valence-corrected chi connectivity index (χ3v) is 5.38. The van der Waals surface area contributed by atoms with Crippen LogP contribution in [0.15, 0.2) is 23.1 Å². The molecule has 0 aliphatic heterocycles. The third-order valence-electron chi connectivity index (χ3n) is 3.98. The highest BCUT2D eigenvalue weighted by Gasteiger charge is 2.33. The van der Waals surface area contributed by atoms with Crippen LogP contribution < -0.4 is 9.46 Å². The van der Waals surface area contributed by atoms with Gasteiger partial charge >= 0.3 is 0 Å². The zero-order chi connectivity index (χ0) is 14.8. The molecule has 0 amide bonds. The summed E-state index contributed by atoms with van der Waals surface area (Å²) in [6.07, 6.45) is 3.27. The number of rotatable bonds is 6. The topological polar surface area (TPSA) is 75.6 Å². The molecule has 112 valence electrons. The maximum Gasteiger partial charge on any atom is 0.240 e. The molecule has 0 unspecified atom stereocenters. The zero-order valence-electron chi connectivity index (χ0n) is 11.8. The van der Waals surface area contributed by atoms with E-state index < -0.39 is 10.0 Å². The highest BCUT2D eigenvalue weighted by Crippen LogP contribution is 2.39. The van der Waals surface area contributed by atoms with Crippen molar-refractivity contribution in [2.45, 2.75) is 37.7 Å². The highest BCUT2D eigenvalue weighted by molar-refractivity contribution is 7.89. The summed E-state index contributed by atoms with van der Waals surface area (Å²) in [5.74, 6) is 0.484. The number of methoxy groups -OCH3 is 1. The first-order valence-corrected chi connectivity index (χ1v) is 8.16. The summed E-state index contributed by atoms with van der Waals surface area (Å²) in [6.45, 7) is 2.28. The van der Waals surface area contributed by atoms with Crippen LogP contribution in [0.2, 0.25) is 0 Å². The minimum atomic E-state index is -3.54. The first kappa shape index (κ1) is 15.3. The number of ether oxygens (including phenoxy) is 1. The number of nitrogens with one attached hydrogen (secondary N) is 1. The monoisotopic (exact) mass is 299 g/mol. The second kappa shape index (κ2) is 5.71. The van der Waals surface area contributed by atoms with E-state index in [1.165, 1.54) is 19.2 Å². The van der Waals surface area contributed by atoms with E-state index in [1.807, 2.05) is 0 Å². The van der Waals surface area contributed by atoms with Crippen molar-refractivity contribution in [3.63, 3.8) is 0 Å². The van der Waals surface area contributed by atoms with Crippen LogP contribution in [0.4, 0.5) is 0 Å². The van der Waals surface area contributed by atoms with Gasteiger partial charge in [0.05, 0.1) is 18.6 Å². The van der Waals surface area contributed by atoms with Crippen LogP contribution in [0.5, 0.6) is 5.75 Å². The predicted octanol–water partition coefficient (Wildman–Crippen LogP) is 1.66. The Kier molecular flexibility index (Phi) is 4.36. The van der Waals surface area contributed by atoms with Crippen molar-refractivity contribution in [3.05, 3.63) is 23.8 Å². The van der Waals surface area contributed by atoms with Gasteiger partial charge in [-0.05, 0) is 36.5 Å². The molecule has 1 aliphatic carbocycles. The van der Waals surface area contributed by atoms with Crippen LogP contribution in [0.3, 0.4) is 0 Å². The molecule has 1 aliphatic rings. The molecule has 0 spiro atoms. The number of hydrogen-bond donors (Lipinski definition) is 2. The number of benzene rings is 1. The standard InChI is InChI=1S/C14H21NO4S/c1-14(6-3-7-14)10-15-20(17,18)12-4-5-13(19-2)11(8-12)9-16/h4-5,8,15-16H,3,6-7,9-10H2,1-2H3. The lowest BCUT2D eigenvalue weighted by Crippen LogP contribution is -2.39. The van der Waals surface area contributed by atoms with E-state index in [2.05, 4.69) is 11.6 Å². The van der Waals surface area contributed by atoms with Crippen LogP contribution in [0.1, 0.15) is 31.7 Å². The minimum absolute atomic E-state index is 0.0827. The van der Waals surface area contributed by atoms with Crippen molar-refractivity contribution >= 4 is 10.0 Å². The Balaban J connectivity index is 2.16. The molecule has 2 N–H and O–H groups in total. The second-order valence-electron chi connectivity index (χ2n) is 5.62. The lowest BCUT2D eigenvalue weighted by atomic mass is 9.71. The number of sulfonamides is 1. The van der Waals surface area contributed by atoms with Crippen molar-refractivity contribution in [2.24, 2.45) is 5.41 Å². The molecule has 0 aromatic heterocycles. The quantitative estimate of drug-likeness (QED) is 0.837. The fraction of sp³-hybridized carbons (Fsp3) is 0.571. The number of aliphatic hydroxyl groups excluding tert-OH is 1. The van der Waals surface area contributed by atoms with E-state index in [0.717, 1.165) is 19.3 Å². The van der Waals surface area contributed by atoms with Crippen LogP contribution in [0, 0.1) is 5.41 Å². The Bertz CT molecular complexity index is 579. The van der Waals surface area contributed by atoms with Gasteiger partial charge in [0.15, 0.2) is 0 Å². The van der Waals surface area contributed by atoms with E-state index in [-0.39, 0.29) is 16.9 Å². The minimum Gasteiger partial charge on any atom is -0.496 e. The first-order chi connectivity index (χ1) is 9.40. The molecule has 5 nitrogen and oxygen atoms in total. The molecule has 6 heteroatoms. The van der Waals surface area contributed by atoms with Gasteiger partial charge in [-0.1, -0.05) is 13.3 Å². The predicted molar refractivity (Wildman–Crippen MR) is 76.1 cm³/mol. The van der Waals surface area contributed by atoms with E-state index in [0.29, 0.717) is 17.9 Å². The molecule has 1 fully saturated rings. The summed E-state index contributed by atoms with van der Waals surface area (Å²) < 4.78 is 32.2. The SMILES string of the molecule is COc1ccc(S(=O)(=O)NCC2(C)CCC2)cc1CO. The molecule has 1 aromatic carbocycles. The van der Waals surface area contributed by atoms with Gasteiger partial charge in [-0.25, -0.2) is 13.1 Å². The molecule has 20 heavy (non-hydrogen) atoms. The van der Waals surface area contributed by atoms with Gasteiger partial charge in [-0.3, -0.25) is 0 Å². The van der Waals surface area contributed by atoms with E-state index in [4.69, 9.17) is 4.74 Å². The Morgan fingerprint density at radius 1 is 1.40 bits per heavy atom. The summed E-state index contributed by atoms with van der Waals surface area (Å²) in [6, 6.07) is 4.50. The molecule has 2 rings (SSSR count). The Labute approximate surface area is 120 Å². The van der Waals surface area contributed by atoms with E-state index in [1.54, 1.807) is 6.07 Å². The average Bonchev–Trinajstić information content (AvgIpc) is 2.42. The number of hydrogen-bond acceptors (Lipinski definition) is 4. The fourth-order valence-corrected chi connectivity index (χ4v) is 3.61. The van der Waals surface area contributed by atoms with E-state index in [9.17, 15) is 13.5 Å². The Morgan fingerprint density at radius 2 is 2.10 bits per heavy atom. The highest BCUT2D eigenvalue weighted by atomic mass is 32.2. The summed E-state index contributed by atoms with van der Waals surface area (Å²) in [5, 5.41) is 9.25. The van der Waals surface area contributed by atoms with Crippen molar-refractivity contribution in [2.75, 3.05) is 13.7 Å². The maximum atomic E-state index is 12.3. The fourth-order valence-electron chi connectivity index (χ4n) is 2.36. The second-order valence-corrected chi connectivity index (χ2v) is 7.39. The average molecular weight is 299 g/mol. The van der Waals surface area contributed by atoms with Gasteiger partial charge in [0.2, 0.25) is 10.0 Å². The van der Waals surface area contributed by atoms with Gasteiger partial charge in [-0.15, -0.1) is 0 Å². The van der Waals surface area contributed by atoms with Crippen LogP contribution in [0.25, 0.3) is 0 Å². The molecule has 1 saturated carbocycles.